The predicted octanol–water partition coefficient (Wildman–Crippen LogP) is 5.23. The highest BCUT2D eigenvalue weighted by Crippen LogP contribution is 2.46. The van der Waals surface area contributed by atoms with Crippen LogP contribution in [0.25, 0.3) is 6.08 Å². The van der Waals surface area contributed by atoms with Crippen LogP contribution in [0.4, 0.5) is 10.6 Å². The minimum atomic E-state index is -0.942. The third kappa shape index (κ3) is 5.78. The van der Waals surface area contributed by atoms with Gasteiger partial charge in [0, 0.05) is 49.2 Å². The summed E-state index contributed by atoms with van der Waals surface area (Å²) in [6.45, 7) is 7.70. The number of aromatic nitrogens is 1. The maximum absolute atomic E-state index is 13.3. The van der Waals surface area contributed by atoms with E-state index in [2.05, 4.69) is 33.9 Å². The van der Waals surface area contributed by atoms with Crippen molar-refractivity contribution < 1.29 is 19.5 Å². The van der Waals surface area contributed by atoms with Crippen LogP contribution in [0, 0.1) is 10.8 Å². The number of nitrogens with zero attached hydrogens (tertiary/aromatic N) is 3. The topological polar surface area (TPSA) is 103 Å². The van der Waals surface area contributed by atoms with E-state index in [1.165, 1.54) is 15.4 Å². The lowest BCUT2D eigenvalue weighted by atomic mass is 9.65. The van der Waals surface area contributed by atoms with Gasteiger partial charge in [0.05, 0.1) is 5.41 Å². The van der Waals surface area contributed by atoms with Gasteiger partial charge < -0.3 is 20.2 Å². The van der Waals surface area contributed by atoms with Crippen LogP contribution in [0.1, 0.15) is 56.0 Å². The number of hydrogen-bond donors (Lipinski definition) is 2. The van der Waals surface area contributed by atoms with E-state index < -0.39 is 11.5 Å². The molecule has 1 saturated heterocycles. The van der Waals surface area contributed by atoms with Crippen molar-refractivity contribution in [1.82, 2.24) is 14.8 Å². The molecule has 0 radical (unpaired) electrons. The zero-order chi connectivity index (χ0) is 27.8. The molecule has 8 nitrogen and oxygen atoms in total. The van der Waals surface area contributed by atoms with Crippen LogP contribution in [0.3, 0.4) is 0 Å². The number of carboxylic acid groups (broad SMARTS) is 1. The van der Waals surface area contributed by atoms with Crippen LogP contribution in [-0.4, -0.2) is 63.5 Å². The molecule has 2 unspecified atom stereocenters. The van der Waals surface area contributed by atoms with Crippen molar-refractivity contribution in [3.05, 3.63) is 63.5 Å². The summed E-state index contributed by atoms with van der Waals surface area (Å²) >= 11 is 1.76. The zero-order valence-electron chi connectivity index (χ0n) is 22.8. The summed E-state index contributed by atoms with van der Waals surface area (Å²) in [7, 11) is 0. The minimum absolute atomic E-state index is 0.0296. The first kappa shape index (κ1) is 27.1. The van der Waals surface area contributed by atoms with Gasteiger partial charge in [-0.15, -0.1) is 11.3 Å². The molecular formula is C30H36N4O4S. The van der Waals surface area contributed by atoms with Crippen LogP contribution < -0.4 is 5.32 Å². The molecule has 1 fully saturated rings. The Hall–Kier alpha value is -3.46. The van der Waals surface area contributed by atoms with E-state index in [0.717, 1.165) is 24.0 Å². The van der Waals surface area contributed by atoms with Crippen LogP contribution in [0.5, 0.6) is 0 Å². The van der Waals surface area contributed by atoms with E-state index in [-0.39, 0.29) is 23.3 Å². The second kappa shape index (κ2) is 10.6. The number of thiophene rings is 1. The third-order valence-electron chi connectivity index (χ3n) is 8.28. The van der Waals surface area contributed by atoms with E-state index in [1.807, 2.05) is 31.7 Å². The maximum atomic E-state index is 13.3. The normalized spacial score (nSPS) is 23.5. The second-order valence-electron chi connectivity index (χ2n) is 12.0. The lowest BCUT2D eigenvalue weighted by Crippen LogP contribution is -2.58. The van der Waals surface area contributed by atoms with Gasteiger partial charge in [0.1, 0.15) is 5.82 Å². The highest BCUT2D eigenvalue weighted by Gasteiger charge is 2.51. The summed E-state index contributed by atoms with van der Waals surface area (Å²) in [4.78, 5) is 47.2. The highest BCUT2D eigenvalue weighted by atomic mass is 32.1. The van der Waals surface area contributed by atoms with Crippen LogP contribution in [0.15, 0.2) is 47.5 Å². The first-order valence-electron chi connectivity index (χ1n) is 13.5. The monoisotopic (exact) mass is 548 g/mol. The smallest absolute Gasteiger partial charge is 0.407 e. The molecule has 2 atom stereocenters. The summed E-state index contributed by atoms with van der Waals surface area (Å²) in [5, 5.41) is 14.8. The third-order valence-corrected chi connectivity index (χ3v) is 9.16. The van der Waals surface area contributed by atoms with Crippen molar-refractivity contribution >= 4 is 41.1 Å². The van der Waals surface area contributed by atoms with Crippen molar-refractivity contribution in [2.45, 2.75) is 58.9 Å². The number of likely N-dealkylation sites (tertiary alicyclic amines) is 1. The number of hydrogen-bond acceptors (Lipinski definition) is 5. The van der Waals surface area contributed by atoms with Gasteiger partial charge in [0.25, 0.3) is 0 Å². The van der Waals surface area contributed by atoms with Gasteiger partial charge >= 0.3 is 6.09 Å². The lowest BCUT2D eigenvalue weighted by Gasteiger charge is -2.50. The molecule has 5 heterocycles. The van der Waals surface area contributed by atoms with Crippen molar-refractivity contribution in [2.75, 3.05) is 25.0 Å². The molecule has 2 N–H and O–H groups in total. The molecule has 206 valence electrons. The number of nitrogens with one attached hydrogen (secondary N) is 1. The Kier molecular flexibility index (Phi) is 7.37. The Morgan fingerprint density at radius 2 is 2.13 bits per heavy atom. The summed E-state index contributed by atoms with van der Waals surface area (Å²) in [5.74, 6) is 0.427. The Morgan fingerprint density at radius 3 is 2.79 bits per heavy atom. The SMILES string of the molecule is CC(C)(C)C1CC2(CCN1C(=O)O)Cc1cc(C=CC(=O)N3CC=C(Cc4cccs4)CC3)cnc1NC2=O. The molecule has 0 aromatic carbocycles. The molecule has 3 amide bonds. The van der Waals surface area contributed by atoms with E-state index in [0.29, 0.717) is 44.7 Å². The fourth-order valence-corrected chi connectivity index (χ4v) is 6.73. The molecule has 5 rings (SSSR count). The van der Waals surface area contributed by atoms with Gasteiger partial charge in [0.15, 0.2) is 0 Å². The van der Waals surface area contributed by atoms with Crippen molar-refractivity contribution in [3.63, 3.8) is 0 Å². The molecule has 1 spiro atoms. The second-order valence-corrected chi connectivity index (χ2v) is 13.0. The molecule has 3 aliphatic heterocycles. The van der Waals surface area contributed by atoms with Crippen molar-refractivity contribution in [3.8, 4) is 0 Å². The number of piperidine rings is 1. The van der Waals surface area contributed by atoms with Gasteiger partial charge in [-0.2, -0.15) is 0 Å². The van der Waals surface area contributed by atoms with E-state index >= 15 is 0 Å². The molecule has 2 aromatic heterocycles. The molecule has 2 aromatic rings. The van der Waals surface area contributed by atoms with Crippen LogP contribution in [-0.2, 0) is 22.4 Å². The van der Waals surface area contributed by atoms with E-state index in [1.54, 1.807) is 29.7 Å². The maximum Gasteiger partial charge on any atom is 0.407 e. The lowest BCUT2D eigenvalue weighted by molar-refractivity contribution is -0.131. The van der Waals surface area contributed by atoms with Crippen molar-refractivity contribution in [1.29, 1.82) is 0 Å². The molecule has 3 aliphatic rings. The number of pyridine rings is 1. The summed E-state index contributed by atoms with van der Waals surface area (Å²) in [6.07, 6.45) is 9.54. The Labute approximate surface area is 233 Å². The number of fused-ring (bicyclic) bond motifs is 1. The fourth-order valence-electron chi connectivity index (χ4n) is 5.98. The highest BCUT2D eigenvalue weighted by molar-refractivity contribution is 7.09. The molecule has 0 bridgehead atoms. The summed E-state index contributed by atoms with van der Waals surface area (Å²) in [6, 6.07) is 5.93. The largest absolute Gasteiger partial charge is 0.465 e. The number of amides is 3. The Bertz CT molecular complexity index is 1330. The molecule has 0 saturated carbocycles. The first-order valence-corrected chi connectivity index (χ1v) is 14.4. The van der Waals surface area contributed by atoms with Gasteiger partial charge in [-0.05, 0) is 65.8 Å². The van der Waals surface area contributed by atoms with Gasteiger partial charge in [0.2, 0.25) is 11.8 Å². The molecule has 39 heavy (non-hydrogen) atoms. The van der Waals surface area contributed by atoms with Crippen molar-refractivity contribution in [2.24, 2.45) is 10.8 Å². The van der Waals surface area contributed by atoms with Crippen LogP contribution >= 0.6 is 11.3 Å². The van der Waals surface area contributed by atoms with Gasteiger partial charge in [-0.1, -0.05) is 38.5 Å². The quantitative estimate of drug-likeness (QED) is 0.403. The standard InChI is InChI=1S/C30H36N4O4S/c1-29(2,3)24-18-30(10-13-34(24)28(37)38)17-22-15-21(19-31-26(22)32-27(30)36)6-7-25(35)33-11-8-20(9-12-33)16-23-5-4-14-39-23/h4-8,14-15,19,24H,9-13,16-18H2,1-3H3,(H,37,38)(H,31,32,36). The number of carbonyl (C=O) groups is 3. The number of anilines is 1. The number of rotatable bonds is 4. The predicted molar refractivity (Wildman–Crippen MR) is 153 cm³/mol. The van der Waals surface area contributed by atoms with E-state index in [9.17, 15) is 19.5 Å². The number of carbonyl (C=O) groups excluding carboxylic acids is 2. The zero-order valence-corrected chi connectivity index (χ0v) is 23.6. The first-order chi connectivity index (χ1) is 18.5. The molecular weight excluding hydrogens is 512 g/mol. The van der Waals surface area contributed by atoms with Gasteiger partial charge in [-0.25, -0.2) is 9.78 Å². The average molecular weight is 549 g/mol. The Morgan fingerprint density at radius 1 is 1.31 bits per heavy atom. The fraction of sp³-hybridized carbons (Fsp3) is 0.467. The summed E-state index contributed by atoms with van der Waals surface area (Å²) in [5.41, 5.74) is 2.11. The summed E-state index contributed by atoms with van der Waals surface area (Å²) < 4.78 is 0. The minimum Gasteiger partial charge on any atom is -0.465 e. The molecule has 0 aliphatic carbocycles. The van der Waals surface area contributed by atoms with Gasteiger partial charge in [-0.3, -0.25) is 9.59 Å². The van der Waals surface area contributed by atoms with E-state index in [4.69, 9.17) is 0 Å². The Balaban J connectivity index is 1.27. The average Bonchev–Trinajstić information content (AvgIpc) is 3.41. The molecule has 9 heteroatoms. The van der Waals surface area contributed by atoms with Crippen LogP contribution in [0.2, 0.25) is 0 Å².